The van der Waals surface area contributed by atoms with Gasteiger partial charge in [-0.2, -0.15) is 5.26 Å². The summed E-state index contributed by atoms with van der Waals surface area (Å²) in [5.41, 5.74) is 6.98. The van der Waals surface area contributed by atoms with Crippen LogP contribution in [-0.4, -0.2) is 13.1 Å². The smallest absolute Gasteiger partial charge is 0.138 e. The Morgan fingerprint density at radius 2 is 2.25 bits per heavy atom. The summed E-state index contributed by atoms with van der Waals surface area (Å²) in [6.07, 6.45) is 0.379. The molecule has 0 bridgehead atoms. The van der Waals surface area contributed by atoms with Crippen LogP contribution in [0, 0.1) is 20.7 Å². The highest BCUT2D eigenvalue weighted by Crippen LogP contribution is 2.28. The third-order valence-corrected chi connectivity index (χ3v) is 3.32. The molecule has 86 valence electrons. The van der Waals surface area contributed by atoms with Gasteiger partial charge >= 0.3 is 0 Å². The Morgan fingerprint density at radius 3 is 2.81 bits per heavy atom. The van der Waals surface area contributed by atoms with Crippen molar-refractivity contribution in [2.75, 3.05) is 17.7 Å². The van der Waals surface area contributed by atoms with Gasteiger partial charge in [0.15, 0.2) is 0 Å². The van der Waals surface area contributed by atoms with E-state index >= 15 is 0 Å². The van der Waals surface area contributed by atoms with Crippen molar-refractivity contribution in [2.24, 2.45) is 0 Å². The fraction of sp³-hybridized carbons (Fsp3) is 0.364. The first-order chi connectivity index (χ1) is 7.47. The van der Waals surface area contributed by atoms with Crippen molar-refractivity contribution in [2.45, 2.75) is 19.4 Å². The number of halogens is 2. The molecular formula is C11H13FIN3. The van der Waals surface area contributed by atoms with E-state index in [1.54, 1.807) is 13.1 Å². The summed E-state index contributed by atoms with van der Waals surface area (Å²) < 4.78 is 13.9. The van der Waals surface area contributed by atoms with Crippen molar-refractivity contribution in [3.05, 3.63) is 21.5 Å². The van der Waals surface area contributed by atoms with E-state index in [1.165, 1.54) is 6.07 Å². The van der Waals surface area contributed by atoms with Gasteiger partial charge < -0.3 is 10.6 Å². The molecule has 1 aromatic rings. The number of nitrogens with two attached hydrogens (primary N) is 1. The maximum atomic E-state index is 13.4. The van der Waals surface area contributed by atoms with Gasteiger partial charge in [-0.05, 0) is 35.6 Å². The molecule has 0 heterocycles. The van der Waals surface area contributed by atoms with Gasteiger partial charge in [-0.3, -0.25) is 0 Å². The zero-order valence-electron chi connectivity index (χ0n) is 9.17. The van der Waals surface area contributed by atoms with Gasteiger partial charge in [0.1, 0.15) is 5.82 Å². The van der Waals surface area contributed by atoms with Crippen molar-refractivity contribution in [3.63, 3.8) is 0 Å². The number of anilines is 2. The summed E-state index contributed by atoms with van der Waals surface area (Å²) in [7, 11) is 1.81. The molecule has 1 unspecified atom stereocenters. The molecule has 0 radical (unpaired) electrons. The van der Waals surface area contributed by atoms with Crippen LogP contribution in [0.1, 0.15) is 13.3 Å². The SMILES string of the molecule is CC(CC#N)N(C)c1cc(F)c(I)cc1N. The normalized spacial score (nSPS) is 11.9. The molecule has 1 rings (SSSR count). The van der Waals surface area contributed by atoms with Crippen molar-refractivity contribution >= 4 is 34.0 Å². The minimum atomic E-state index is -0.291. The topological polar surface area (TPSA) is 53.0 Å². The molecule has 0 spiro atoms. The molecule has 5 heteroatoms. The summed E-state index contributed by atoms with van der Waals surface area (Å²) in [4.78, 5) is 1.82. The van der Waals surface area contributed by atoms with E-state index in [0.29, 0.717) is 21.4 Å². The highest BCUT2D eigenvalue weighted by atomic mass is 127. The second kappa shape index (κ2) is 5.34. The zero-order chi connectivity index (χ0) is 12.3. The maximum absolute atomic E-state index is 13.4. The quantitative estimate of drug-likeness (QED) is 0.684. The standard InChI is InChI=1S/C11H13FIN3/c1-7(3-4-14)16(2)11-5-8(12)9(13)6-10(11)15/h5-7H,3,15H2,1-2H3. The summed E-state index contributed by atoms with van der Waals surface area (Å²) in [6, 6.07) is 5.10. The van der Waals surface area contributed by atoms with Gasteiger partial charge in [-0.25, -0.2) is 4.39 Å². The van der Waals surface area contributed by atoms with Crippen LogP contribution >= 0.6 is 22.6 Å². The average Bonchev–Trinajstić information content (AvgIpc) is 2.23. The van der Waals surface area contributed by atoms with Gasteiger partial charge in [-0.1, -0.05) is 0 Å². The van der Waals surface area contributed by atoms with Crippen LogP contribution in [0.15, 0.2) is 12.1 Å². The van der Waals surface area contributed by atoms with Crippen LogP contribution in [0.3, 0.4) is 0 Å². The molecule has 0 aliphatic carbocycles. The van der Waals surface area contributed by atoms with E-state index in [4.69, 9.17) is 11.0 Å². The molecule has 0 amide bonds. The van der Waals surface area contributed by atoms with Crippen LogP contribution in [0.5, 0.6) is 0 Å². The van der Waals surface area contributed by atoms with Crippen molar-refractivity contribution in [1.29, 1.82) is 5.26 Å². The summed E-state index contributed by atoms with van der Waals surface area (Å²) in [5.74, 6) is -0.291. The van der Waals surface area contributed by atoms with Crippen LogP contribution < -0.4 is 10.6 Å². The number of hydrogen-bond donors (Lipinski definition) is 1. The molecular weight excluding hydrogens is 320 g/mol. The van der Waals surface area contributed by atoms with Crippen molar-refractivity contribution in [3.8, 4) is 6.07 Å². The molecule has 0 aliphatic rings. The third-order valence-electron chi connectivity index (χ3n) is 2.50. The number of nitrogens with zero attached hydrogens (tertiary/aromatic N) is 2. The summed E-state index contributed by atoms with van der Waals surface area (Å²) in [6.45, 7) is 1.90. The Balaban J connectivity index is 3.04. The van der Waals surface area contributed by atoms with Crippen LogP contribution in [0.4, 0.5) is 15.8 Å². The third kappa shape index (κ3) is 2.76. The predicted molar refractivity (Wildman–Crippen MR) is 71.6 cm³/mol. The second-order valence-electron chi connectivity index (χ2n) is 3.65. The lowest BCUT2D eigenvalue weighted by molar-refractivity contribution is 0.617. The fourth-order valence-electron chi connectivity index (χ4n) is 1.36. The summed E-state index contributed by atoms with van der Waals surface area (Å²) in [5, 5.41) is 8.62. The number of hydrogen-bond acceptors (Lipinski definition) is 3. The molecule has 0 fully saturated rings. The fourth-order valence-corrected chi connectivity index (χ4v) is 1.85. The zero-order valence-corrected chi connectivity index (χ0v) is 11.3. The summed E-state index contributed by atoms with van der Waals surface area (Å²) >= 11 is 1.90. The lowest BCUT2D eigenvalue weighted by atomic mass is 10.2. The van der Waals surface area contributed by atoms with E-state index in [0.717, 1.165) is 0 Å². The Labute approximate surface area is 108 Å². The minimum absolute atomic E-state index is 0.00626. The Morgan fingerprint density at radius 1 is 1.62 bits per heavy atom. The van der Waals surface area contributed by atoms with Crippen molar-refractivity contribution < 1.29 is 4.39 Å². The van der Waals surface area contributed by atoms with E-state index < -0.39 is 0 Å². The molecule has 0 saturated carbocycles. The monoisotopic (exact) mass is 333 g/mol. The van der Waals surface area contributed by atoms with Gasteiger partial charge in [0.25, 0.3) is 0 Å². The Bertz CT molecular complexity index is 428. The van der Waals surface area contributed by atoms with E-state index in [9.17, 15) is 4.39 Å². The molecule has 2 N–H and O–H groups in total. The maximum Gasteiger partial charge on any atom is 0.138 e. The first kappa shape index (κ1) is 13.0. The largest absolute Gasteiger partial charge is 0.397 e. The molecule has 1 aromatic carbocycles. The van der Waals surface area contributed by atoms with Crippen LogP contribution in [0.2, 0.25) is 0 Å². The van der Waals surface area contributed by atoms with Gasteiger partial charge in [0.05, 0.1) is 27.4 Å². The molecule has 0 saturated heterocycles. The van der Waals surface area contributed by atoms with E-state index in [-0.39, 0.29) is 11.9 Å². The highest BCUT2D eigenvalue weighted by molar-refractivity contribution is 14.1. The van der Waals surface area contributed by atoms with Gasteiger partial charge in [-0.15, -0.1) is 0 Å². The number of benzene rings is 1. The van der Waals surface area contributed by atoms with Gasteiger partial charge in [0.2, 0.25) is 0 Å². The van der Waals surface area contributed by atoms with Crippen LogP contribution in [0.25, 0.3) is 0 Å². The molecule has 16 heavy (non-hydrogen) atoms. The van der Waals surface area contributed by atoms with Crippen molar-refractivity contribution in [1.82, 2.24) is 0 Å². The number of nitriles is 1. The molecule has 1 atom stereocenters. The van der Waals surface area contributed by atoms with Crippen LogP contribution in [-0.2, 0) is 0 Å². The molecule has 0 aromatic heterocycles. The predicted octanol–water partition coefficient (Wildman–Crippen LogP) is 2.75. The van der Waals surface area contributed by atoms with Gasteiger partial charge in [0, 0.05) is 19.2 Å². The first-order valence-corrected chi connectivity index (χ1v) is 5.89. The minimum Gasteiger partial charge on any atom is -0.397 e. The molecule has 3 nitrogen and oxygen atoms in total. The molecule has 0 aliphatic heterocycles. The number of nitrogen functional groups attached to an aromatic ring is 1. The number of rotatable bonds is 3. The first-order valence-electron chi connectivity index (χ1n) is 4.81. The highest BCUT2D eigenvalue weighted by Gasteiger charge is 2.14. The Hall–Kier alpha value is -1.03. The van der Waals surface area contributed by atoms with E-state index in [1.807, 2.05) is 34.4 Å². The lowest BCUT2D eigenvalue weighted by Crippen LogP contribution is -2.29. The average molecular weight is 333 g/mol. The lowest BCUT2D eigenvalue weighted by Gasteiger charge is -2.26. The van der Waals surface area contributed by atoms with E-state index in [2.05, 4.69) is 6.07 Å². The second-order valence-corrected chi connectivity index (χ2v) is 4.81. The Kier molecular flexibility index (Phi) is 4.35.